The minimum Gasteiger partial charge on any atom is -0.493 e. The molecule has 0 spiro atoms. The standard InChI is InChI=1S/C20H26N2O/c21-20-8-4-5-14-22(20)16-18-9-11-19(12-10-18)23-15-13-17-6-2-1-3-7-17/h1-3,6-7,9-12,20H,4-5,8,13-16,21H2. The Kier molecular flexibility index (Phi) is 5.67. The van der Waals surface area contributed by atoms with E-state index in [2.05, 4.69) is 53.4 Å². The van der Waals surface area contributed by atoms with Gasteiger partial charge in [-0.15, -0.1) is 0 Å². The Morgan fingerprint density at radius 1 is 0.957 bits per heavy atom. The molecule has 1 unspecified atom stereocenters. The van der Waals surface area contributed by atoms with Gasteiger partial charge >= 0.3 is 0 Å². The van der Waals surface area contributed by atoms with Gasteiger partial charge in [-0.1, -0.05) is 42.5 Å². The zero-order valence-corrected chi connectivity index (χ0v) is 13.7. The van der Waals surface area contributed by atoms with Gasteiger partial charge in [-0.3, -0.25) is 4.90 Å². The highest BCUT2D eigenvalue weighted by Crippen LogP contribution is 2.18. The van der Waals surface area contributed by atoms with E-state index >= 15 is 0 Å². The summed E-state index contributed by atoms with van der Waals surface area (Å²) in [5.41, 5.74) is 8.79. The van der Waals surface area contributed by atoms with Crippen LogP contribution in [0.2, 0.25) is 0 Å². The SMILES string of the molecule is NC1CCCCN1Cc1ccc(OCCc2ccccc2)cc1. The second-order valence-electron chi connectivity index (χ2n) is 6.26. The fourth-order valence-corrected chi connectivity index (χ4v) is 3.07. The van der Waals surface area contributed by atoms with Crippen molar-refractivity contribution in [3.63, 3.8) is 0 Å². The van der Waals surface area contributed by atoms with Gasteiger partial charge < -0.3 is 10.5 Å². The highest BCUT2D eigenvalue weighted by molar-refractivity contribution is 5.27. The first kappa shape index (κ1) is 16.0. The van der Waals surface area contributed by atoms with Crippen molar-refractivity contribution in [3.05, 3.63) is 65.7 Å². The first-order chi connectivity index (χ1) is 11.3. The number of rotatable bonds is 6. The molecule has 1 aliphatic heterocycles. The lowest BCUT2D eigenvalue weighted by Gasteiger charge is -2.33. The summed E-state index contributed by atoms with van der Waals surface area (Å²) in [6.07, 6.45) is 4.78. The summed E-state index contributed by atoms with van der Waals surface area (Å²) in [5, 5.41) is 0. The summed E-state index contributed by atoms with van der Waals surface area (Å²) in [6.45, 7) is 2.75. The van der Waals surface area contributed by atoms with Crippen LogP contribution in [-0.4, -0.2) is 24.2 Å². The van der Waals surface area contributed by atoms with Gasteiger partial charge in [0.2, 0.25) is 0 Å². The van der Waals surface area contributed by atoms with Crippen molar-refractivity contribution in [2.75, 3.05) is 13.2 Å². The molecule has 1 aliphatic rings. The highest BCUT2D eigenvalue weighted by Gasteiger charge is 2.18. The summed E-state index contributed by atoms with van der Waals surface area (Å²) >= 11 is 0. The monoisotopic (exact) mass is 310 g/mol. The van der Waals surface area contributed by atoms with Gasteiger partial charge in [-0.2, -0.15) is 0 Å². The maximum atomic E-state index is 6.18. The Hall–Kier alpha value is -1.84. The van der Waals surface area contributed by atoms with Crippen molar-refractivity contribution in [3.8, 4) is 5.75 Å². The summed E-state index contributed by atoms with van der Waals surface area (Å²) in [7, 11) is 0. The molecule has 0 radical (unpaired) electrons. The van der Waals surface area contributed by atoms with Gasteiger partial charge in [0.1, 0.15) is 5.75 Å². The molecule has 2 N–H and O–H groups in total. The van der Waals surface area contributed by atoms with Gasteiger partial charge in [0, 0.05) is 13.0 Å². The molecule has 0 bridgehead atoms. The van der Waals surface area contributed by atoms with E-state index in [0.717, 1.165) is 31.7 Å². The van der Waals surface area contributed by atoms with Crippen molar-refractivity contribution >= 4 is 0 Å². The van der Waals surface area contributed by atoms with Crippen LogP contribution in [0.4, 0.5) is 0 Å². The van der Waals surface area contributed by atoms with Crippen LogP contribution in [0.5, 0.6) is 5.75 Å². The van der Waals surface area contributed by atoms with Crippen LogP contribution < -0.4 is 10.5 Å². The smallest absolute Gasteiger partial charge is 0.119 e. The molecule has 3 nitrogen and oxygen atoms in total. The maximum Gasteiger partial charge on any atom is 0.119 e. The number of benzene rings is 2. The van der Waals surface area contributed by atoms with E-state index in [1.165, 1.54) is 24.0 Å². The summed E-state index contributed by atoms with van der Waals surface area (Å²) < 4.78 is 5.84. The second-order valence-corrected chi connectivity index (χ2v) is 6.26. The lowest BCUT2D eigenvalue weighted by atomic mass is 10.1. The Bertz CT molecular complexity index is 582. The lowest BCUT2D eigenvalue weighted by Crippen LogP contribution is -2.44. The van der Waals surface area contributed by atoms with Gasteiger partial charge in [0.15, 0.2) is 0 Å². The average molecular weight is 310 g/mol. The number of hydrogen-bond donors (Lipinski definition) is 1. The molecule has 2 aromatic carbocycles. The molecule has 3 rings (SSSR count). The van der Waals surface area contributed by atoms with E-state index in [1.807, 2.05) is 6.07 Å². The first-order valence-electron chi connectivity index (χ1n) is 8.56. The van der Waals surface area contributed by atoms with Crippen LogP contribution in [0.1, 0.15) is 30.4 Å². The summed E-state index contributed by atoms with van der Waals surface area (Å²) in [5.74, 6) is 0.938. The van der Waals surface area contributed by atoms with Crippen LogP contribution in [0, 0.1) is 0 Å². The molecule has 3 heteroatoms. The van der Waals surface area contributed by atoms with Gasteiger partial charge in [0.25, 0.3) is 0 Å². The van der Waals surface area contributed by atoms with Gasteiger partial charge in [-0.05, 0) is 49.1 Å². The Labute approximate surface area is 139 Å². The van der Waals surface area contributed by atoms with Gasteiger partial charge in [-0.25, -0.2) is 0 Å². The van der Waals surface area contributed by atoms with Crippen LogP contribution >= 0.6 is 0 Å². The second kappa shape index (κ2) is 8.14. The third kappa shape index (κ3) is 4.81. The average Bonchev–Trinajstić information content (AvgIpc) is 2.59. The predicted octanol–water partition coefficient (Wildman–Crippen LogP) is 3.58. The number of ether oxygens (including phenoxy) is 1. The molecule has 1 fully saturated rings. The fourth-order valence-electron chi connectivity index (χ4n) is 3.07. The van der Waals surface area contributed by atoms with E-state index < -0.39 is 0 Å². The number of hydrogen-bond acceptors (Lipinski definition) is 3. The minimum atomic E-state index is 0.213. The molecule has 0 amide bonds. The topological polar surface area (TPSA) is 38.5 Å². The normalized spacial score (nSPS) is 18.7. The van der Waals surface area contributed by atoms with E-state index in [-0.39, 0.29) is 6.17 Å². The third-order valence-electron chi connectivity index (χ3n) is 4.48. The molecule has 23 heavy (non-hydrogen) atoms. The molecular weight excluding hydrogens is 284 g/mol. The minimum absolute atomic E-state index is 0.213. The first-order valence-corrected chi connectivity index (χ1v) is 8.56. The van der Waals surface area contributed by atoms with Crippen molar-refractivity contribution in [1.29, 1.82) is 0 Å². The third-order valence-corrected chi connectivity index (χ3v) is 4.48. The highest BCUT2D eigenvalue weighted by atomic mass is 16.5. The quantitative estimate of drug-likeness (QED) is 0.886. The van der Waals surface area contributed by atoms with E-state index in [1.54, 1.807) is 0 Å². The van der Waals surface area contributed by atoms with Crippen LogP contribution in [0.3, 0.4) is 0 Å². The van der Waals surface area contributed by atoms with Gasteiger partial charge in [0.05, 0.1) is 12.8 Å². The lowest BCUT2D eigenvalue weighted by molar-refractivity contribution is 0.144. The Morgan fingerprint density at radius 2 is 1.74 bits per heavy atom. The number of likely N-dealkylation sites (tertiary alicyclic amines) is 1. The van der Waals surface area contributed by atoms with Crippen molar-refractivity contribution in [1.82, 2.24) is 4.90 Å². The molecule has 0 saturated carbocycles. The Morgan fingerprint density at radius 3 is 2.48 bits per heavy atom. The van der Waals surface area contributed by atoms with Crippen molar-refractivity contribution in [2.45, 2.75) is 38.4 Å². The number of piperidine rings is 1. The largest absolute Gasteiger partial charge is 0.493 e. The fraction of sp³-hybridized carbons (Fsp3) is 0.400. The van der Waals surface area contributed by atoms with Crippen LogP contribution in [0.25, 0.3) is 0 Å². The molecule has 1 atom stereocenters. The molecule has 0 aliphatic carbocycles. The summed E-state index contributed by atoms with van der Waals surface area (Å²) in [4.78, 5) is 2.37. The molecule has 122 valence electrons. The van der Waals surface area contributed by atoms with Crippen molar-refractivity contribution in [2.24, 2.45) is 5.73 Å². The van der Waals surface area contributed by atoms with Crippen LogP contribution in [-0.2, 0) is 13.0 Å². The number of nitrogens with two attached hydrogens (primary N) is 1. The summed E-state index contributed by atoms with van der Waals surface area (Å²) in [6, 6.07) is 18.9. The molecule has 1 heterocycles. The molecule has 1 saturated heterocycles. The van der Waals surface area contributed by atoms with E-state index in [4.69, 9.17) is 10.5 Å². The van der Waals surface area contributed by atoms with E-state index in [9.17, 15) is 0 Å². The molecule has 2 aromatic rings. The van der Waals surface area contributed by atoms with Crippen molar-refractivity contribution < 1.29 is 4.74 Å². The number of nitrogens with zero attached hydrogens (tertiary/aromatic N) is 1. The zero-order valence-electron chi connectivity index (χ0n) is 13.7. The zero-order chi connectivity index (χ0) is 15.9. The maximum absolute atomic E-state index is 6.18. The van der Waals surface area contributed by atoms with Crippen LogP contribution in [0.15, 0.2) is 54.6 Å². The molecular formula is C20H26N2O. The molecule has 0 aromatic heterocycles. The van der Waals surface area contributed by atoms with E-state index in [0.29, 0.717) is 6.61 Å². The predicted molar refractivity (Wildman–Crippen MR) is 94.3 cm³/mol. The Balaban J connectivity index is 1.47.